The summed E-state index contributed by atoms with van der Waals surface area (Å²) in [6.45, 7) is 5.66. The summed E-state index contributed by atoms with van der Waals surface area (Å²) in [7, 11) is 0. The average molecular weight is 338 g/mol. The molecular weight excluding hydrogens is 312 g/mol. The lowest BCUT2D eigenvalue weighted by atomic mass is 9.98. The number of amides is 1. The molecule has 2 atom stereocenters. The molecular formula is C17H26N2O3S. The molecule has 0 radical (unpaired) electrons. The van der Waals surface area contributed by atoms with Gasteiger partial charge >= 0.3 is 0 Å². The molecule has 3 rings (SSSR count). The molecule has 0 unspecified atom stereocenters. The van der Waals surface area contributed by atoms with Gasteiger partial charge in [-0.05, 0) is 32.6 Å². The molecule has 23 heavy (non-hydrogen) atoms. The Bertz CT molecular complexity index is 514. The number of carbonyl (C=O) groups excluding carboxylic acids is 1. The quantitative estimate of drug-likeness (QED) is 0.749. The lowest BCUT2D eigenvalue weighted by Crippen LogP contribution is -2.39. The van der Waals surface area contributed by atoms with E-state index in [-0.39, 0.29) is 12.0 Å². The minimum absolute atomic E-state index is 0.204. The lowest BCUT2D eigenvalue weighted by molar-refractivity contribution is -0.133. The maximum absolute atomic E-state index is 12.4. The van der Waals surface area contributed by atoms with Crippen LogP contribution in [0.15, 0.2) is 5.38 Å². The van der Waals surface area contributed by atoms with Crippen molar-refractivity contribution >= 4 is 17.2 Å². The molecule has 2 fully saturated rings. The second-order valence-electron chi connectivity index (χ2n) is 6.47. The third-order valence-electron chi connectivity index (χ3n) is 4.55. The number of rotatable bonds is 6. The molecule has 1 aromatic rings. The molecule has 0 saturated carbocycles. The van der Waals surface area contributed by atoms with E-state index >= 15 is 0 Å². The van der Waals surface area contributed by atoms with E-state index in [1.54, 1.807) is 11.3 Å². The first-order chi connectivity index (χ1) is 11.2. The predicted molar refractivity (Wildman–Crippen MR) is 89.8 cm³/mol. The number of thiazole rings is 1. The van der Waals surface area contributed by atoms with Crippen molar-refractivity contribution in [1.82, 2.24) is 9.88 Å². The summed E-state index contributed by atoms with van der Waals surface area (Å²) in [6.07, 6.45) is 5.10. The second kappa shape index (κ2) is 8.22. The molecule has 0 bridgehead atoms. The van der Waals surface area contributed by atoms with E-state index in [1.165, 1.54) is 5.01 Å². The lowest BCUT2D eigenvalue weighted by Gasteiger charge is -2.32. The number of nitrogens with zero attached hydrogens (tertiary/aromatic N) is 2. The summed E-state index contributed by atoms with van der Waals surface area (Å²) in [6, 6.07) is 0. The number of ether oxygens (including phenoxy) is 2. The molecule has 2 aliphatic rings. The Morgan fingerprint density at radius 2 is 2.39 bits per heavy atom. The van der Waals surface area contributed by atoms with Crippen LogP contribution in [0.4, 0.5) is 0 Å². The van der Waals surface area contributed by atoms with Crippen molar-refractivity contribution in [3.8, 4) is 0 Å². The second-order valence-corrected chi connectivity index (χ2v) is 7.36. The van der Waals surface area contributed by atoms with Gasteiger partial charge in [-0.2, -0.15) is 0 Å². The molecule has 2 saturated heterocycles. The molecule has 1 aromatic heterocycles. The van der Waals surface area contributed by atoms with Crippen LogP contribution in [0.2, 0.25) is 0 Å². The monoisotopic (exact) mass is 338 g/mol. The van der Waals surface area contributed by atoms with Crippen LogP contribution in [0.1, 0.15) is 48.7 Å². The van der Waals surface area contributed by atoms with Crippen LogP contribution in [-0.4, -0.2) is 54.8 Å². The zero-order valence-corrected chi connectivity index (χ0v) is 14.6. The maximum Gasteiger partial charge on any atom is 0.224 e. The first-order valence-corrected chi connectivity index (χ1v) is 9.49. The van der Waals surface area contributed by atoms with Crippen LogP contribution >= 0.6 is 11.3 Å². The van der Waals surface area contributed by atoms with Gasteiger partial charge in [-0.1, -0.05) is 0 Å². The van der Waals surface area contributed by atoms with Gasteiger partial charge < -0.3 is 14.4 Å². The Hall–Kier alpha value is -0.980. The Balaban J connectivity index is 1.40. The number of piperidine rings is 1. The number of hydrogen-bond donors (Lipinski definition) is 0. The zero-order valence-electron chi connectivity index (χ0n) is 13.8. The fourth-order valence-electron chi connectivity index (χ4n) is 3.27. The van der Waals surface area contributed by atoms with E-state index in [0.717, 1.165) is 51.1 Å². The summed E-state index contributed by atoms with van der Waals surface area (Å²) in [5.41, 5.74) is 1.08. The highest BCUT2D eigenvalue weighted by Crippen LogP contribution is 2.29. The minimum Gasteiger partial charge on any atom is -0.378 e. The standard InChI is InChI=1S/C17H26N2O3S/c1-13-12-23-17(18-13)14-4-2-7-19(10-14)16(20)6-9-21-11-15-5-3-8-22-15/h12,14-15H,2-11H2,1H3/t14-,15-/m0/s1. The van der Waals surface area contributed by atoms with Gasteiger partial charge in [0.1, 0.15) is 0 Å². The van der Waals surface area contributed by atoms with Gasteiger partial charge in [0.25, 0.3) is 0 Å². The van der Waals surface area contributed by atoms with Crippen molar-refractivity contribution in [3.63, 3.8) is 0 Å². The van der Waals surface area contributed by atoms with Crippen molar-refractivity contribution < 1.29 is 14.3 Å². The van der Waals surface area contributed by atoms with Crippen molar-refractivity contribution in [2.45, 2.75) is 51.0 Å². The van der Waals surface area contributed by atoms with Crippen LogP contribution in [-0.2, 0) is 14.3 Å². The summed E-state index contributed by atoms with van der Waals surface area (Å²) in [5, 5.41) is 3.27. The molecule has 6 heteroatoms. The van der Waals surface area contributed by atoms with Crippen molar-refractivity contribution in [2.24, 2.45) is 0 Å². The van der Waals surface area contributed by atoms with Crippen molar-refractivity contribution in [1.29, 1.82) is 0 Å². The van der Waals surface area contributed by atoms with E-state index in [0.29, 0.717) is 25.6 Å². The third kappa shape index (κ3) is 4.75. The van der Waals surface area contributed by atoms with E-state index in [2.05, 4.69) is 10.4 Å². The van der Waals surface area contributed by atoms with Crippen LogP contribution < -0.4 is 0 Å². The van der Waals surface area contributed by atoms with Crippen LogP contribution in [0.3, 0.4) is 0 Å². The van der Waals surface area contributed by atoms with Gasteiger partial charge in [0.05, 0.1) is 30.7 Å². The summed E-state index contributed by atoms with van der Waals surface area (Å²) >= 11 is 1.72. The first-order valence-electron chi connectivity index (χ1n) is 8.61. The molecule has 128 valence electrons. The summed E-state index contributed by atoms with van der Waals surface area (Å²) in [5.74, 6) is 0.606. The molecule has 0 aromatic carbocycles. The number of aromatic nitrogens is 1. The van der Waals surface area contributed by atoms with Gasteiger partial charge in [0.2, 0.25) is 5.91 Å². The van der Waals surface area contributed by atoms with Crippen LogP contribution in [0.5, 0.6) is 0 Å². The Morgan fingerprint density at radius 3 is 3.13 bits per heavy atom. The molecule has 0 N–H and O–H groups in total. The van der Waals surface area contributed by atoms with Gasteiger partial charge in [-0.3, -0.25) is 4.79 Å². The average Bonchev–Trinajstić information content (AvgIpc) is 3.23. The van der Waals surface area contributed by atoms with Gasteiger partial charge in [0, 0.05) is 36.7 Å². The summed E-state index contributed by atoms with van der Waals surface area (Å²) in [4.78, 5) is 19.0. The van der Waals surface area contributed by atoms with Crippen LogP contribution in [0.25, 0.3) is 0 Å². The number of carbonyl (C=O) groups is 1. The molecule has 1 amide bonds. The van der Waals surface area contributed by atoms with E-state index in [4.69, 9.17) is 9.47 Å². The maximum atomic E-state index is 12.4. The zero-order chi connectivity index (χ0) is 16.1. The van der Waals surface area contributed by atoms with E-state index in [1.807, 2.05) is 11.8 Å². The first kappa shape index (κ1) is 16.9. The van der Waals surface area contributed by atoms with Crippen molar-refractivity contribution in [2.75, 3.05) is 32.9 Å². The highest BCUT2D eigenvalue weighted by molar-refractivity contribution is 7.09. The SMILES string of the molecule is Cc1csc([C@H]2CCCN(C(=O)CCOC[C@@H]3CCCO3)C2)n1. The molecule has 0 aliphatic carbocycles. The fourth-order valence-corrected chi connectivity index (χ4v) is 4.20. The molecule has 2 aliphatic heterocycles. The number of hydrogen-bond acceptors (Lipinski definition) is 5. The third-order valence-corrected chi connectivity index (χ3v) is 5.67. The van der Waals surface area contributed by atoms with Gasteiger partial charge in [0.15, 0.2) is 0 Å². The molecule has 0 spiro atoms. The van der Waals surface area contributed by atoms with Crippen molar-refractivity contribution in [3.05, 3.63) is 16.1 Å². The van der Waals surface area contributed by atoms with E-state index < -0.39 is 0 Å². The Labute approximate surface area is 142 Å². The highest BCUT2D eigenvalue weighted by Gasteiger charge is 2.26. The topological polar surface area (TPSA) is 51.7 Å². The molecule has 3 heterocycles. The highest BCUT2D eigenvalue weighted by atomic mass is 32.1. The number of aryl methyl sites for hydroxylation is 1. The Kier molecular flexibility index (Phi) is 6.02. The normalized spacial score (nSPS) is 25.0. The van der Waals surface area contributed by atoms with Gasteiger partial charge in [-0.25, -0.2) is 4.98 Å². The smallest absolute Gasteiger partial charge is 0.224 e. The minimum atomic E-state index is 0.204. The predicted octanol–water partition coefficient (Wildman–Crippen LogP) is 2.74. The van der Waals surface area contributed by atoms with Crippen LogP contribution in [0, 0.1) is 6.92 Å². The largest absolute Gasteiger partial charge is 0.378 e. The fraction of sp³-hybridized carbons (Fsp3) is 0.765. The Morgan fingerprint density at radius 1 is 1.48 bits per heavy atom. The van der Waals surface area contributed by atoms with E-state index in [9.17, 15) is 4.79 Å². The number of likely N-dealkylation sites (tertiary alicyclic amines) is 1. The van der Waals surface area contributed by atoms with Gasteiger partial charge in [-0.15, -0.1) is 11.3 Å². The summed E-state index contributed by atoms with van der Waals surface area (Å²) < 4.78 is 11.1. The molecule has 5 nitrogen and oxygen atoms in total.